The van der Waals surface area contributed by atoms with Crippen molar-refractivity contribution in [3.05, 3.63) is 24.8 Å². The fourth-order valence-corrected chi connectivity index (χ4v) is 0.877. The van der Waals surface area contributed by atoms with E-state index in [1.54, 1.807) is 0 Å². The number of carbonyl (C=O) groups excluding carboxylic acids is 3. The van der Waals surface area contributed by atoms with E-state index in [1.165, 1.54) is 13.8 Å². The average Bonchev–Trinajstić information content (AvgIpc) is 2.30. The summed E-state index contributed by atoms with van der Waals surface area (Å²) in [5.74, 6) is -1.83. The second-order valence-corrected chi connectivity index (χ2v) is 3.44. The fourth-order valence-electron chi connectivity index (χ4n) is 0.877. The largest absolute Gasteiger partial charge is 0.458 e. The molecule has 0 amide bonds. The summed E-state index contributed by atoms with van der Waals surface area (Å²) in [7, 11) is 0. The lowest BCUT2D eigenvalue weighted by Crippen LogP contribution is -2.30. The third-order valence-corrected chi connectivity index (χ3v) is 1.66. The van der Waals surface area contributed by atoms with E-state index in [0.717, 1.165) is 6.08 Å². The Bertz CT molecular complexity index is 358. The van der Waals surface area contributed by atoms with Crippen LogP contribution in [0.5, 0.6) is 0 Å². The molecule has 0 spiro atoms. The number of hydrogen-bond donors (Lipinski definition) is 0. The number of rotatable bonds is 7. The van der Waals surface area contributed by atoms with E-state index >= 15 is 0 Å². The van der Waals surface area contributed by atoms with Gasteiger partial charge in [0.05, 0.1) is 0 Å². The molecule has 0 saturated heterocycles. The Morgan fingerprint density at radius 1 is 1.17 bits per heavy atom. The molecule has 0 aliphatic carbocycles. The quantitative estimate of drug-likeness (QED) is 0.380. The van der Waals surface area contributed by atoms with E-state index < -0.39 is 24.0 Å². The van der Waals surface area contributed by atoms with Crippen LogP contribution in [0.25, 0.3) is 0 Å². The van der Waals surface area contributed by atoms with Crippen molar-refractivity contribution in [3.8, 4) is 0 Å². The van der Waals surface area contributed by atoms with Gasteiger partial charge in [0.15, 0.2) is 6.10 Å². The first-order chi connectivity index (χ1) is 8.36. The van der Waals surface area contributed by atoms with Crippen molar-refractivity contribution in [1.82, 2.24) is 0 Å². The van der Waals surface area contributed by atoms with Gasteiger partial charge in [0.25, 0.3) is 0 Å². The predicted octanol–water partition coefficient (Wildman–Crippen LogP) is 0.767. The van der Waals surface area contributed by atoms with Gasteiger partial charge in [-0.25, -0.2) is 9.59 Å². The van der Waals surface area contributed by atoms with E-state index in [1.807, 2.05) is 0 Å². The molecule has 0 rings (SSSR count). The molecule has 6 nitrogen and oxygen atoms in total. The second-order valence-electron chi connectivity index (χ2n) is 3.44. The Kier molecular flexibility index (Phi) is 7.11. The molecule has 6 heteroatoms. The lowest BCUT2D eigenvalue weighted by Gasteiger charge is -2.16. The maximum absolute atomic E-state index is 11.1. The van der Waals surface area contributed by atoms with Crippen LogP contribution in [0, 0.1) is 0 Å². The summed E-state index contributed by atoms with van der Waals surface area (Å²) in [4.78, 5) is 32.8. The molecule has 0 heterocycles. The van der Waals surface area contributed by atoms with Crippen LogP contribution in [0.15, 0.2) is 24.8 Å². The third kappa shape index (κ3) is 7.21. The first-order valence-electron chi connectivity index (χ1n) is 5.15. The smallest absolute Gasteiger partial charge is 0.333 e. The Morgan fingerprint density at radius 3 is 2.17 bits per heavy atom. The van der Waals surface area contributed by atoms with Gasteiger partial charge in [0.2, 0.25) is 0 Å². The topological polar surface area (TPSA) is 78.9 Å². The minimum Gasteiger partial charge on any atom is -0.458 e. The van der Waals surface area contributed by atoms with Crippen LogP contribution in [0.4, 0.5) is 0 Å². The number of ether oxygens (including phenoxy) is 3. The maximum Gasteiger partial charge on any atom is 0.333 e. The van der Waals surface area contributed by atoms with Crippen molar-refractivity contribution in [2.75, 3.05) is 13.2 Å². The molecule has 18 heavy (non-hydrogen) atoms. The van der Waals surface area contributed by atoms with Gasteiger partial charge in [-0.1, -0.05) is 13.2 Å². The third-order valence-electron chi connectivity index (χ3n) is 1.66. The van der Waals surface area contributed by atoms with Crippen molar-refractivity contribution in [2.24, 2.45) is 0 Å². The zero-order valence-corrected chi connectivity index (χ0v) is 10.4. The normalized spacial score (nSPS) is 11.0. The molecule has 0 aliphatic rings. The van der Waals surface area contributed by atoms with E-state index in [-0.39, 0.29) is 18.8 Å². The van der Waals surface area contributed by atoms with Gasteiger partial charge in [-0.15, -0.1) is 0 Å². The predicted molar refractivity (Wildman–Crippen MR) is 62.5 cm³/mol. The molecule has 0 saturated carbocycles. The lowest BCUT2D eigenvalue weighted by molar-refractivity contribution is -0.162. The number of carbonyl (C=O) groups is 3. The summed E-state index contributed by atoms with van der Waals surface area (Å²) in [5.41, 5.74) is 0.222. The van der Waals surface area contributed by atoms with Crippen LogP contribution < -0.4 is 0 Å². The molecule has 0 N–H and O–H groups in total. The summed E-state index contributed by atoms with van der Waals surface area (Å²) < 4.78 is 14.3. The second kappa shape index (κ2) is 8.05. The summed E-state index contributed by atoms with van der Waals surface area (Å²) in [6.07, 6.45) is 0.125. The first-order valence-corrected chi connectivity index (χ1v) is 5.15. The van der Waals surface area contributed by atoms with Crippen molar-refractivity contribution in [3.63, 3.8) is 0 Å². The molecule has 0 aliphatic heterocycles. The van der Waals surface area contributed by atoms with Crippen LogP contribution in [0.2, 0.25) is 0 Å². The molecule has 100 valence electrons. The van der Waals surface area contributed by atoms with Gasteiger partial charge in [-0.3, -0.25) is 4.79 Å². The minimum atomic E-state index is -0.852. The van der Waals surface area contributed by atoms with E-state index in [9.17, 15) is 14.4 Å². The Balaban J connectivity index is 4.26. The molecule has 0 aromatic carbocycles. The summed E-state index contributed by atoms with van der Waals surface area (Å²) >= 11 is 0. The van der Waals surface area contributed by atoms with Gasteiger partial charge >= 0.3 is 17.9 Å². The highest BCUT2D eigenvalue weighted by Gasteiger charge is 2.17. The highest BCUT2D eigenvalue weighted by molar-refractivity contribution is 5.86. The van der Waals surface area contributed by atoms with Crippen molar-refractivity contribution in [2.45, 2.75) is 20.0 Å². The van der Waals surface area contributed by atoms with Crippen LogP contribution in [0.1, 0.15) is 13.8 Å². The summed E-state index contributed by atoms with van der Waals surface area (Å²) in [5, 5.41) is 0. The molecule has 0 bridgehead atoms. The molecule has 0 radical (unpaired) electrons. The minimum absolute atomic E-state index is 0.213. The lowest BCUT2D eigenvalue weighted by atomic mass is 10.3. The maximum atomic E-state index is 11.1. The SMILES string of the molecule is C=CC(=O)OCC(COC(=O)C(=C)C)OC(C)=O. The molecule has 0 fully saturated rings. The summed E-state index contributed by atoms with van der Waals surface area (Å²) in [6, 6.07) is 0. The molecular formula is C12H16O6. The van der Waals surface area contributed by atoms with E-state index in [4.69, 9.17) is 14.2 Å². The van der Waals surface area contributed by atoms with Gasteiger partial charge in [-0.2, -0.15) is 0 Å². The fraction of sp³-hybridized carbons (Fsp3) is 0.417. The van der Waals surface area contributed by atoms with Gasteiger partial charge in [0, 0.05) is 18.6 Å². The van der Waals surface area contributed by atoms with Crippen molar-refractivity contribution >= 4 is 17.9 Å². The van der Waals surface area contributed by atoms with Crippen LogP contribution in [0.3, 0.4) is 0 Å². The average molecular weight is 256 g/mol. The Hall–Kier alpha value is -2.11. The Morgan fingerprint density at radius 2 is 1.72 bits per heavy atom. The van der Waals surface area contributed by atoms with Gasteiger partial charge in [-0.05, 0) is 6.92 Å². The Labute approximate surface area is 105 Å². The summed E-state index contributed by atoms with van der Waals surface area (Å²) in [6.45, 7) is 8.88. The van der Waals surface area contributed by atoms with E-state index in [0.29, 0.717) is 0 Å². The number of hydrogen-bond acceptors (Lipinski definition) is 6. The molecule has 0 aromatic rings. The van der Waals surface area contributed by atoms with Gasteiger partial charge < -0.3 is 14.2 Å². The highest BCUT2D eigenvalue weighted by atomic mass is 16.6. The zero-order chi connectivity index (χ0) is 14.1. The zero-order valence-electron chi connectivity index (χ0n) is 10.4. The van der Waals surface area contributed by atoms with Crippen molar-refractivity contribution < 1.29 is 28.6 Å². The standard InChI is InChI=1S/C12H16O6/c1-5-11(14)16-6-10(18-9(4)13)7-17-12(15)8(2)3/h5,10H,1-2,6-7H2,3-4H3. The molecule has 1 unspecified atom stereocenters. The van der Waals surface area contributed by atoms with E-state index in [2.05, 4.69) is 13.2 Å². The monoisotopic (exact) mass is 256 g/mol. The molecule has 0 aromatic heterocycles. The van der Waals surface area contributed by atoms with Gasteiger partial charge in [0.1, 0.15) is 13.2 Å². The van der Waals surface area contributed by atoms with Crippen LogP contribution in [-0.2, 0) is 28.6 Å². The van der Waals surface area contributed by atoms with Crippen LogP contribution >= 0.6 is 0 Å². The molecular weight excluding hydrogens is 240 g/mol. The van der Waals surface area contributed by atoms with Crippen LogP contribution in [-0.4, -0.2) is 37.2 Å². The highest BCUT2D eigenvalue weighted by Crippen LogP contribution is 2.00. The van der Waals surface area contributed by atoms with Crippen molar-refractivity contribution in [1.29, 1.82) is 0 Å². The molecule has 1 atom stereocenters. The number of esters is 3. The first kappa shape index (κ1) is 15.9.